The lowest BCUT2D eigenvalue weighted by atomic mass is 10.0. The first-order valence-corrected chi connectivity index (χ1v) is 5.72. The smallest absolute Gasteiger partial charge is 0.163 e. The summed E-state index contributed by atoms with van der Waals surface area (Å²) in [5, 5.41) is 9.93. The van der Waals surface area contributed by atoms with Gasteiger partial charge in [0.2, 0.25) is 0 Å². The third-order valence-corrected chi connectivity index (χ3v) is 3.01. The number of halogens is 1. The van der Waals surface area contributed by atoms with Gasteiger partial charge in [-0.05, 0) is 18.6 Å². The van der Waals surface area contributed by atoms with E-state index in [1.807, 2.05) is 6.07 Å². The van der Waals surface area contributed by atoms with Crippen LogP contribution in [0.1, 0.15) is 31.4 Å². The van der Waals surface area contributed by atoms with Gasteiger partial charge in [0.05, 0.1) is 7.11 Å². The molecule has 0 spiro atoms. The Hall–Kier alpha value is -0.740. The van der Waals surface area contributed by atoms with Crippen LogP contribution in [0.4, 0.5) is 0 Å². The summed E-state index contributed by atoms with van der Waals surface area (Å²) in [6.07, 6.45) is 1.81. The molecule has 0 heterocycles. The van der Waals surface area contributed by atoms with Gasteiger partial charge < -0.3 is 15.6 Å². The maximum atomic E-state index is 9.93. The molecule has 1 aromatic carbocycles. The van der Waals surface area contributed by atoms with Gasteiger partial charge in [-0.25, -0.2) is 0 Å². The van der Waals surface area contributed by atoms with Gasteiger partial charge in [0.15, 0.2) is 11.5 Å². The number of methoxy groups -OCH3 is 1. The van der Waals surface area contributed by atoms with Crippen molar-refractivity contribution in [1.29, 1.82) is 0 Å². The van der Waals surface area contributed by atoms with Crippen LogP contribution in [0.25, 0.3) is 0 Å². The number of nitrogens with two attached hydrogens (primary N) is 1. The molecule has 0 aliphatic rings. The van der Waals surface area contributed by atoms with Gasteiger partial charge in [0.1, 0.15) is 0 Å². The highest BCUT2D eigenvalue weighted by atomic mass is 79.9. The zero-order valence-corrected chi connectivity index (χ0v) is 10.5. The molecular formula is C11H16BrNO2. The zero-order chi connectivity index (χ0) is 11.4. The Balaban J connectivity index is 3.14. The quantitative estimate of drug-likeness (QED) is 0.887. The molecular weight excluding hydrogens is 258 g/mol. The molecule has 84 valence electrons. The van der Waals surface area contributed by atoms with Crippen LogP contribution in [-0.2, 0) is 0 Å². The van der Waals surface area contributed by atoms with E-state index in [4.69, 9.17) is 10.5 Å². The van der Waals surface area contributed by atoms with Crippen molar-refractivity contribution in [2.24, 2.45) is 5.73 Å². The number of rotatable bonds is 4. The van der Waals surface area contributed by atoms with E-state index in [-0.39, 0.29) is 11.8 Å². The molecule has 1 aromatic rings. The molecule has 0 fully saturated rings. The predicted molar refractivity (Wildman–Crippen MR) is 64.2 cm³/mol. The fraction of sp³-hybridized carbons (Fsp3) is 0.455. The van der Waals surface area contributed by atoms with E-state index in [1.165, 1.54) is 7.11 Å². The summed E-state index contributed by atoms with van der Waals surface area (Å²) in [4.78, 5) is 0. The van der Waals surface area contributed by atoms with Gasteiger partial charge in [-0.15, -0.1) is 0 Å². The summed E-state index contributed by atoms with van der Waals surface area (Å²) in [6.45, 7) is 2.06. The van der Waals surface area contributed by atoms with Crippen molar-refractivity contribution in [3.8, 4) is 11.5 Å². The fourth-order valence-electron chi connectivity index (χ4n) is 1.54. The highest BCUT2D eigenvalue weighted by molar-refractivity contribution is 9.10. The summed E-state index contributed by atoms with van der Waals surface area (Å²) in [7, 11) is 1.53. The van der Waals surface area contributed by atoms with E-state index in [9.17, 15) is 5.11 Å². The molecule has 0 saturated carbocycles. The summed E-state index contributed by atoms with van der Waals surface area (Å²) in [5.74, 6) is 0.590. The van der Waals surface area contributed by atoms with Crippen molar-refractivity contribution >= 4 is 15.9 Å². The molecule has 0 amide bonds. The highest BCUT2D eigenvalue weighted by Crippen LogP contribution is 2.39. The monoisotopic (exact) mass is 273 g/mol. The molecule has 4 heteroatoms. The summed E-state index contributed by atoms with van der Waals surface area (Å²) in [6, 6.07) is 3.38. The van der Waals surface area contributed by atoms with E-state index >= 15 is 0 Å². The average molecular weight is 274 g/mol. The predicted octanol–water partition coefficient (Wildman–Crippen LogP) is 2.96. The van der Waals surface area contributed by atoms with Gasteiger partial charge in [0, 0.05) is 16.1 Å². The number of phenols is 1. The second kappa shape index (κ2) is 5.37. The van der Waals surface area contributed by atoms with Crippen molar-refractivity contribution in [2.75, 3.05) is 7.11 Å². The van der Waals surface area contributed by atoms with E-state index in [2.05, 4.69) is 22.9 Å². The van der Waals surface area contributed by atoms with Crippen molar-refractivity contribution in [3.63, 3.8) is 0 Å². The van der Waals surface area contributed by atoms with E-state index in [0.29, 0.717) is 5.75 Å². The van der Waals surface area contributed by atoms with Crippen LogP contribution in [0.5, 0.6) is 11.5 Å². The van der Waals surface area contributed by atoms with Crippen molar-refractivity contribution < 1.29 is 9.84 Å². The Morgan fingerprint density at radius 2 is 2.20 bits per heavy atom. The first-order valence-electron chi connectivity index (χ1n) is 4.92. The minimum atomic E-state index is -0.167. The number of ether oxygens (including phenoxy) is 1. The number of aromatic hydroxyl groups is 1. The fourth-order valence-corrected chi connectivity index (χ4v) is 2.15. The topological polar surface area (TPSA) is 55.5 Å². The van der Waals surface area contributed by atoms with Crippen LogP contribution < -0.4 is 10.5 Å². The van der Waals surface area contributed by atoms with Crippen LogP contribution >= 0.6 is 15.9 Å². The van der Waals surface area contributed by atoms with Gasteiger partial charge >= 0.3 is 0 Å². The van der Waals surface area contributed by atoms with Crippen LogP contribution in [0, 0.1) is 0 Å². The maximum absolute atomic E-state index is 9.93. The Bertz CT molecular complexity index is 342. The average Bonchev–Trinajstić information content (AvgIpc) is 2.18. The number of hydrogen-bond donors (Lipinski definition) is 2. The van der Waals surface area contributed by atoms with Gasteiger partial charge in [-0.2, -0.15) is 0 Å². The van der Waals surface area contributed by atoms with E-state index in [0.717, 1.165) is 22.9 Å². The third-order valence-electron chi connectivity index (χ3n) is 2.32. The summed E-state index contributed by atoms with van der Waals surface area (Å²) < 4.78 is 5.86. The third kappa shape index (κ3) is 2.63. The molecule has 0 aliphatic heterocycles. The number of benzene rings is 1. The lowest BCUT2D eigenvalue weighted by molar-refractivity contribution is 0.367. The first-order chi connectivity index (χ1) is 7.11. The Morgan fingerprint density at radius 3 is 2.73 bits per heavy atom. The van der Waals surface area contributed by atoms with Crippen LogP contribution in [0.3, 0.4) is 0 Å². The van der Waals surface area contributed by atoms with E-state index < -0.39 is 0 Å². The molecule has 0 unspecified atom stereocenters. The first kappa shape index (κ1) is 12.3. The minimum absolute atomic E-state index is 0.132. The molecule has 0 aromatic heterocycles. The second-order valence-corrected chi connectivity index (χ2v) is 4.26. The van der Waals surface area contributed by atoms with Crippen molar-refractivity contribution in [1.82, 2.24) is 0 Å². The molecule has 3 N–H and O–H groups in total. The van der Waals surface area contributed by atoms with Gasteiger partial charge in [-0.1, -0.05) is 29.3 Å². The van der Waals surface area contributed by atoms with Crippen molar-refractivity contribution in [3.05, 3.63) is 22.2 Å². The molecule has 1 rings (SSSR count). The minimum Gasteiger partial charge on any atom is -0.504 e. The lowest BCUT2D eigenvalue weighted by Gasteiger charge is -2.16. The molecule has 0 bridgehead atoms. The molecule has 15 heavy (non-hydrogen) atoms. The second-order valence-electron chi connectivity index (χ2n) is 3.41. The lowest BCUT2D eigenvalue weighted by Crippen LogP contribution is -2.11. The standard InChI is InChI=1S/C11H16BrNO2/c1-3-4-8(13)10-7(12)5-6-9(15-2)11(10)14/h5-6,8,14H,3-4,13H2,1-2H3/t8-/m0/s1. The largest absolute Gasteiger partial charge is 0.504 e. The zero-order valence-electron chi connectivity index (χ0n) is 8.96. The Morgan fingerprint density at radius 1 is 1.53 bits per heavy atom. The van der Waals surface area contributed by atoms with Gasteiger partial charge in [-0.3, -0.25) is 0 Å². The maximum Gasteiger partial charge on any atom is 0.163 e. The van der Waals surface area contributed by atoms with E-state index in [1.54, 1.807) is 6.07 Å². The normalized spacial score (nSPS) is 12.5. The van der Waals surface area contributed by atoms with Gasteiger partial charge in [0.25, 0.3) is 0 Å². The van der Waals surface area contributed by atoms with Crippen LogP contribution in [0.2, 0.25) is 0 Å². The Kier molecular flexibility index (Phi) is 4.42. The SMILES string of the molecule is CCC[C@H](N)c1c(Br)ccc(OC)c1O. The van der Waals surface area contributed by atoms with Crippen LogP contribution in [-0.4, -0.2) is 12.2 Å². The molecule has 0 radical (unpaired) electrons. The molecule has 1 atom stereocenters. The molecule has 0 aliphatic carbocycles. The number of phenolic OH excluding ortho intramolecular Hbond substituents is 1. The summed E-state index contributed by atoms with van der Waals surface area (Å²) >= 11 is 3.39. The number of hydrogen-bond acceptors (Lipinski definition) is 3. The highest BCUT2D eigenvalue weighted by Gasteiger charge is 2.17. The Labute approximate surface area is 98.4 Å². The molecule has 3 nitrogen and oxygen atoms in total. The molecule has 0 saturated heterocycles. The summed E-state index contributed by atoms with van der Waals surface area (Å²) in [5.41, 5.74) is 6.70. The van der Waals surface area contributed by atoms with Crippen molar-refractivity contribution in [2.45, 2.75) is 25.8 Å². The van der Waals surface area contributed by atoms with Crippen LogP contribution in [0.15, 0.2) is 16.6 Å².